The first-order valence-corrected chi connectivity index (χ1v) is 8.74. The van der Waals surface area contributed by atoms with E-state index >= 15 is 0 Å². The molecule has 0 amide bonds. The predicted molar refractivity (Wildman–Crippen MR) is 92.6 cm³/mol. The molecule has 1 aromatic heterocycles. The average molecular weight is 362 g/mol. The minimum absolute atomic E-state index is 0. The van der Waals surface area contributed by atoms with E-state index in [-0.39, 0.29) is 41.4 Å². The Labute approximate surface area is 176 Å². The first-order chi connectivity index (χ1) is 12.2. The predicted octanol–water partition coefficient (Wildman–Crippen LogP) is -1.08. The molecule has 132 valence electrons. The van der Waals surface area contributed by atoms with E-state index in [1.54, 1.807) is 12.4 Å². The zero-order valence-corrected chi connectivity index (χ0v) is 17.2. The van der Waals surface area contributed by atoms with E-state index in [0.29, 0.717) is 6.61 Å². The third-order valence-electron chi connectivity index (χ3n) is 4.78. The van der Waals surface area contributed by atoms with E-state index in [4.69, 9.17) is 4.74 Å². The summed E-state index contributed by atoms with van der Waals surface area (Å²) in [5.41, 5.74) is 2.24. The number of nitrogens with zero attached hydrogens (tertiary/aromatic N) is 1. The molecule has 0 bridgehead atoms. The Morgan fingerprint density at radius 1 is 1.12 bits per heavy atom. The number of carboxylic acid groups (broad SMARTS) is 1. The summed E-state index contributed by atoms with van der Waals surface area (Å²) in [6.45, 7) is 1.96. The first kappa shape index (κ1) is 20.9. The topological polar surface area (TPSA) is 74.3 Å². The molecule has 1 heterocycles. The van der Waals surface area contributed by atoms with E-state index in [0.717, 1.165) is 49.2 Å². The van der Waals surface area contributed by atoms with Gasteiger partial charge >= 0.3 is 29.6 Å². The standard InChI is InChI=1S/C20H24N2O3.Na/c23-20(24)19-3-1-2-17(19)13-22-12-15-4-6-18(7-5-15)25-14-16-8-10-21-11-9-16;/h4-11,17,19,22H,1-3,12-14H2,(H,23,24);/q;+1/p-1/t17-,19-;/m1./s1. The molecule has 1 fully saturated rings. The fraction of sp³-hybridized carbons (Fsp3) is 0.400. The second-order valence-corrected chi connectivity index (χ2v) is 6.54. The number of rotatable bonds is 8. The van der Waals surface area contributed by atoms with E-state index < -0.39 is 5.97 Å². The Morgan fingerprint density at radius 2 is 1.85 bits per heavy atom. The second-order valence-electron chi connectivity index (χ2n) is 6.54. The van der Waals surface area contributed by atoms with Crippen LogP contribution in [-0.2, 0) is 17.9 Å². The number of carbonyl (C=O) groups excluding carboxylic acids is 1. The smallest absolute Gasteiger partial charge is 0.550 e. The number of pyridine rings is 1. The molecular weight excluding hydrogens is 339 g/mol. The fourth-order valence-corrected chi connectivity index (χ4v) is 3.34. The van der Waals surface area contributed by atoms with Gasteiger partial charge in [-0.05, 0) is 60.7 Å². The molecule has 2 aromatic rings. The van der Waals surface area contributed by atoms with Crippen molar-refractivity contribution in [1.82, 2.24) is 10.3 Å². The van der Waals surface area contributed by atoms with Crippen LogP contribution in [0.2, 0.25) is 0 Å². The first-order valence-electron chi connectivity index (χ1n) is 8.74. The minimum atomic E-state index is -0.903. The van der Waals surface area contributed by atoms with Gasteiger partial charge in [0.05, 0.1) is 0 Å². The number of nitrogens with one attached hydrogen (secondary N) is 1. The summed E-state index contributed by atoms with van der Waals surface area (Å²) in [7, 11) is 0. The molecule has 0 unspecified atom stereocenters. The summed E-state index contributed by atoms with van der Waals surface area (Å²) in [6.07, 6.45) is 6.20. The van der Waals surface area contributed by atoms with Gasteiger partial charge in [0.2, 0.25) is 0 Å². The van der Waals surface area contributed by atoms with Crippen molar-refractivity contribution in [2.75, 3.05) is 6.54 Å². The summed E-state index contributed by atoms with van der Waals surface area (Å²) >= 11 is 0. The Kier molecular flexibility index (Phi) is 8.59. The molecule has 1 aliphatic rings. The zero-order chi connectivity index (χ0) is 17.5. The van der Waals surface area contributed by atoms with E-state index in [2.05, 4.69) is 10.3 Å². The number of hydrogen-bond acceptors (Lipinski definition) is 5. The Hall–Kier alpha value is -1.40. The number of aromatic nitrogens is 1. The number of hydrogen-bond donors (Lipinski definition) is 1. The van der Waals surface area contributed by atoms with Gasteiger partial charge in [0.1, 0.15) is 12.4 Å². The molecule has 1 aromatic carbocycles. The van der Waals surface area contributed by atoms with Crippen LogP contribution in [0.5, 0.6) is 5.75 Å². The summed E-state index contributed by atoms with van der Waals surface area (Å²) in [6, 6.07) is 11.8. The molecule has 2 atom stereocenters. The summed E-state index contributed by atoms with van der Waals surface area (Å²) in [5.74, 6) is -0.183. The van der Waals surface area contributed by atoms with Crippen LogP contribution in [0.3, 0.4) is 0 Å². The summed E-state index contributed by atoms with van der Waals surface area (Å²) in [4.78, 5) is 15.1. The maximum Gasteiger partial charge on any atom is 1.00 e. The van der Waals surface area contributed by atoms with Gasteiger partial charge < -0.3 is 20.0 Å². The van der Waals surface area contributed by atoms with E-state index in [1.807, 2.05) is 36.4 Å². The third-order valence-corrected chi connectivity index (χ3v) is 4.78. The molecule has 0 radical (unpaired) electrons. The Morgan fingerprint density at radius 3 is 2.54 bits per heavy atom. The van der Waals surface area contributed by atoms with Gasteiger partial charge in [-0.3, -0.25) is 4.98 Å². The minimum Gasteiger partial charge on any atom is -0.550 e. The maximum absolute atomic E-state index is 11.1. The molecule has 1 aliphatic carbocycles. The molecular formula is C20H23N2NaO3. The zero-order valence-electron chi connectivity index (χ0n) is 15.2. The van der Waals surface area contributed by atoms with Crippen LogP contribution in [0.15, 0.2) is 48.8 Å². The van der Waals surface area contributed by atoms with Crippen LogP contribution in [-0.4, -0.2) is 17.5 Å². The van der Waals surface area contributed by atoms with Gasteiger partial charge in [-0.1, -0.05) is 18.6 Å². The largest absolute Gasteiger partial charge is 1.00 e. The quantitative estimate of drug-likeness (QED) is 0.605. The van der Waals surface area contributed by atoms with E-state index in [9.17, 15) is 9.90 Å². The van der Waals surface area contributed by atoms with Crippen molar-refractivity contribution >= 4 is 5.97 Å². The van der Waals surface area contributed by atoms with Crippen LogP contribution in [0, 0.1) is 11.8 Å². The van der Waals surface area contributed by atoms with Gasteiger partial charge in [0, 0.05) is 30.8 Å². The van der Waals surface area contributed by atoms with Crippen LogP contribution in [0.1, 0.15) is 30.4 Å². The monoisotopic (exact) mass is 362 g/mol. The fourth-order valence-electron chi connectivity index (χ4n) is 3.34. The molecule has 26 heavy (non-hydrogen) atoms. The van der Waals surface area contributed by atoms with Crippen molar-refractivity contribution in [3.05, 3.63) is 59.9 Å². The molecule has 0 saturated heterocycles. The number of carboxylic acids is 1. The normalized spacial score (nSPS) is 18.9. The number of benzene rings is 1. The number of aliphatic carboxylic acids is 1. The van der Waals surface area contributed by atoms with Crippen LogP contribution >= 0.6 is 0 Å². The maximum atomic E-state index is 11.1. The average Bonchev–Trinajstić information content (AvgIpc) is 3.11. The summed E-state index contributed by atoms with van der Waals surface area (Å²) in [5, 5.41) is 14.5. The van der Waals surface area contributed by atoms with Crippen LogP contribution < -0.4 is 44.7 Å². The molecule has 0 aliphatic heterocycles. The summed E-state index contributed by atoms with van der Waals surface area (Å²) < 4.78 is 5.75. The number of carbonyl (C=O) groups is 1. The number of ether oxygens (including phenoxy) is 1. The van der Waals surface area contributed by atoms with Gasteiger partial charge in [-0.15, -0.1) is 0 Å². The van der Waals surface area contributed by atoms with Crippen molar-refractivity contribution in [1.29, 1.82) is 0 Å². The Balaban J connectivity index is 0.00000243. The van der Waals surface area contributed by atoms with E-state index in [1.165, 1.54) is 0 Å². The Bertz CT molecular complexity index is 679. The molecule has 1 N–H and O–H groups in total. The molecule has 5 nitrogen and oxygen atoms in total. The molecule has 1 saturated carbocycles. The van der Waals surface area contributed by atoms with Gasteiger partial charge in [-0.25, -0.2) is 0 Å². The SMILES string of the molecule is O=C([O-])[C@@H]1CCC[C@@H]1CNCc1ccc(OCc2ccncc2)cc1.[Na+]. The van der Waals surface area contributed by atoms with Gasteiger partial charge in [0.25, 0.3) is 0 Å². The van der Waals surface area contributed by atoms with Crippen LogP contribution in [0.25, 0.3) is 0 Å². The van der Waals surface area contributed by atoms with Crippen LogP contribution in [0.4, 0.5) is 0 Å². The molecule has 0 spiro atoms. The van der Waals surface area contributed by atoms with Crippen molar-refractivity contribution < 1.29 is 44.2 Å². The van der Waals surface area contributed by atoms with Crippen molar-refractivity contribution in [2.45, 2.75) is 32.4 Å². The third kappa shape index (κ3) is 6.09. The molecule has 6 heteroatoms. The van der Waals surface area contributed by atoms with Crippen molar-refractivity contribution in [2.24, 2.45) is 11.8 Å². The molecule has 3 rings (SSSR count). The van der Waals surface area contributed by atoms with Gasteiger partial charge in [0.15, 0.2) is 0 Å². The van der Waals surface area contributed by atoms with Crippen molar-refractivity contribution in [3.63, 3.8) is 0 Å². The van der Waals surface area contributed by atoms with Crippen molar-refractivity contribution in [3.8, 4) is 5.75 Å². The van der Waals surface area contributed by atoms with Gasteiger partial charge in [-0.2, -0.15) is 0 Å². The second kappa shape index (κ2) is 10.7.